The van der Waals surface area contributed by atoms with Gasteiger partial charge < -0.3 is 10.5 Å². The highest BCUT2D eigenvalue weighted by molar-refractivity contribution is 5.93. The van der Waals surface area contributed by atoms with Crippen molar-refractivity contribution in [1.82, 2.24) is 9.97 Å². The quantitative estimate of drug-likeness (QED) is 0.788. The number of rotatable bonds is 3. The van der Waals surface area contributed by atoms with Crippen molar-refractivity contribution in [3.05, 3.63) is 17.2 Å². The van der Waals surface area contributed by atoms with Gasteiger partial charge in [-0.1, -0.05) is 13.8 Å². The van der Waals surface area contributed by atoms with E-state index < -0.39 is 5.97 Å². The average Bonchev–Trinajstić information content (AvgIpc) is 2.21. The van der Waals surface area contributed by atoms with Crippen LogP contribution in [-0.2, 0) is 4.74 Å². The summed E-state index contributed by atoms with van der Waals surface area (Å²) >= 11 is 0. The molecule has 1 aromatic rings. The van der Waals surface area contributed by atoms with E-state index >= 15 is 0 Å². The molecule has 88 valence electrons. The van der Waals surface area contributed by atoms with Crippen molar-refractivity contribution in [2.24, 2.45) is 0 Å². The molecule has 0 atom stereocenters. The molecule has 0 bridgehead atoms. The van der Waals surface area contributed by atoms with Gasteiger partial charge in [-0.3, -0.25) is 0 Å². The zero-order valence-corrected chi connectivity index (χ0v) is 10.1. The summed E-state index contributed by atoms with van der Waals surface area (Å²) in [7, 11) is 0. The smallest absolute Gasteiger partial charge is 0.359 e. The molecule has 0 saturated heterocycles. The Kier molecular flexibility index (Phi) is 3.82. The van der Waals surface area contributed by atoms with Gasteiger partial charge in [-0.25, -0.2) is 14.8 Å². The zero-order valence-electron chi connectivity index (χ0n) is 10.1. The molecule has 5 heteroatoms. The number of carbonyl (C=O) groups excluding carboxylic acids is 1. The summed E-state index contributed by atoms with van der Waals surface area (Å²) in [5.41, 5.74) is 6.83. The van der Waals surface area contributed by atoms with Crippen LogP contribution in [0.25, 0.3) is 0 Å². The molecule has 0 amide bonds. The number of ether oxygens (including phenoxy) is 1. The lowest BCUT2D eigenvalue weighted by Crippen LogP contribution is -2.15. The molecule has 2 N–H and O–H groups in total. The Morgan fingerprint density at radius 3 is 2.56 bits per heavy atom. The molecule has 0 fully saturated rings. The van der Waals surface area contributed by atoms with Crippen LogP contribution in [0.4, 0.5) is 5.69 Å². The molecule has 0 saturated carbocycles. The predicted octanol–water partition coefficient (Wildman–Crippen LogP) is 1.67. The fourth-order valence-corrected chi connectivity index (χ4v) is 1.22. The normalized spacial score (nSPS) is 10.6. The summed E-state index contributed by atoms with van der Waals surface area (Å²) in [6.07, 6.45) is 0. The first-order valence-corrected chi connectivity index (χ1v) is 5.28. The number of esters is 1. The van der Waals surface area contributed by atoms with Crippen molar-refractivity contribution in [3.63, 3.8) is 0 Å². The summed E-state index contributed by atoms with van der Waals surface area (Å²) in [5.74, 6) is 0.259. The van der Waals surface area contributed by atoms with Gasteiger partial charge in [0.25, 0.3) is 0 Å². The first-order chi connectivity index (χ1) is 7.47. The van der Waals surface area contributed by atoms with Crippen molar-refractivity contribution in [1.29, 1.82) is 0 Å². The molecule has 0 spiro atoms. The Balaban J connectivity index is 3.21. The monoisotopic (exact) mass is 223 g/mol. The van der Waals surface area contributed by atoms with Crippen LogP contribution in [0.2, 0.25) is 0 Å². The Bertz CT molecular complexity index is 402. The van der Waals surface area contributed by atoms with Crippen LogP contribution in [-0.4, -0.2) is 22.5 Å². The van der Waals surface area contributed by atoms with Crippen molar-refractivity contribution in [3.8, 4) is 0 Å². The van der Waals surface area contributed by atoms with Gasteiger partial charge in [0.2, 0.25) is 0 Å². The second-order valence-corrected chi connectivity index (χ2v) is 3.80. The number of nitrogens with zero attached hydrogens (tertiary/aromatic N) is 2. The molecule has 0 aliphatic carbocycles. The maximum absolute atomic E-state index is 11.6. The summed E-state index contributed by atoms with van der Waals surface area (Å²) in [6.45, 7) is 7.72. The minimum atomic E-state index is -0.493. The molecule has 1 aromatic heterocycles. The second-order valence-electron chi connectivity index (χ2n) is 3.80. The fourth-order valence-electron chi connectivity index (χ4n) is 1.22. The van der Waals surface area contributed by atoms with Crippen LogP contribution < -0.4 is 5.73 Å². The molecule has 0 aliphatic rings. The van der Waals surface area contributed by atoms with Gasteiger partial charge in [0.05, 0.1) is 18.0 Å². The zero-order chi connectivity index (χ0) is 12.3. The summed E-state index contributed by atoms with van der Waals surface area (Å²) in [6, 6.07) is 0. The Hall–Kier alpha value is -1.65. The molecule has 0 radical (unpaired) electrons. The number of hydrogen-bond acceptors (Lipinski definition) is 5. The highest BCUT2D eigenvalue weighted by Crippen LogP contribution is 2.18. The van der Waals surface area contributed by atoms with E-state index in [1.807, 2.05) is 13.8 Å². The van der Waals surface area contributed by atoms with Crippen molar-refractivity contribution in [2.75, 3.05) is 12.3 Å². The Morgan fingerprint density at radius 2 is 2.06 bits per heavy atom. The lowest BCUT2D eigenvalue weighted by molar-refractivity contribution is 0.0520. The third-order valence-electron chi connectivity index (χ3n) is 2.14. The third-order valence-corrected chi connectivity index (χ3v) is 2.14. The second kappa shape index (κ2) is 4.92. The van der Waals surface area contributed by atoms with Crippen LogP contribution in [0.15, 0.2) is 0 Å². The van der Waals surface area contributed by atoms with Gasteiger partial charge in [0.15, 0.2) is 5.69 Å². The maximum atomic E-state index is 11.6. The number of carbonyl (C=O) groups is 1. The topological polar surface area (TPSA) is 78.1 Å². The van der Waals surface area contributed by atoms with Crippen LogP contribution >= 0.6 is 0 Å². The lowest BCUT2D eigenvalue weighted by atomic mass is 10.2. The van der Waals surface area contributed by atoms with Crippen LogP contribution in [0.5, 0.6) is 0 Å². The van der Waals surface area contributed by atoms with Crippen LogP contribution in [0, 0.1) is 6.92 Å². The largest absolute Gasteiger partial charge is 0.461 e. The first kappa shape index (κ1) is 12.4. The molecular weight excluding hydrogens is 206 g/mol. The van der Waals surface area contributed by atoms with Crippen LogP contribution in [0.3, 0.4) is 0 Å². The van der Waals surface area contributed by atoms with Gasteiger partial charge in [0.1, 0.15) is 5.82 Å². The van der Waals surface area contributed by atoms with E-state index in [1.165, 1.54) is 0 Å². The van der Waals surface area contributed by atoms with E-state index in [-0.39, 0.29) is 11.6 Å². The first-order valence-electron chi connectivity index (χ1n) is 5.28. The predicted molar refractivity (Wildman–Crippen MR) is 61.2 cm³/mol. The number of nitrogens with two attached hydrogens (primary N) is 1. The van der Waals surface area contributed by atoms with E-state index in [4.69, 9.17) is 10.5 Å². The summed E-state index contributed by atoms with van der Waals surface area (Å²) in [5, 5.41) is 0. The molecule has 0 aliphatic heterocycles. The lowest BCUT2D eigenvalue weighted by Gasteiger charge is -2.10. The van der Waals surface area contributed by atoms with E-state index in [2.05, 4.69) is 9.97 Å². The van der Waals surface area contributed by atoms with Gasteiger partial charge in [-0.2, -0.15) is 0 Å². The number of anilines is 1. The standard InChI is InChI=1S/C11H17N3O2/c1-5-16-11(15)9-8(12)7(4)13-10(14-9)6(2)3/h6H,5,12H2,1-4H3. The SMILES string of the molecule is CCOC(=O)c1nc(C(C)C)nc(C)c1N. The molecule has 1 rings (SSSR count). The van der Waals surface area contributed by atoms with Crippen molar-refractivity contribution in [2.45, 2.75) is 33.6 Å². The van der Waals surface area contributed by atoms with Gasteiger partial charge in [0, 0.05) is 5.92 Å². The molecule has 5 nitrogen and oxygen atoms in total. The maximum Gasteiger partial charge on any atom is 0.359 e. The van der Waals surface area contributed by atoms with E-state index in [9.17, 15) is 4.79 Å². The molecule has 0 unspecified atom stereocenters. The highest BCUT2D eigenvalue weighted by Gasteiger charge is 2.18. The van der Waals surface area contributed by atoms with E-state index in [0.717, 1.165) is 0 Å². The Labute approximate surface area is 95.0 Å². The van der Waals surface area contributed by atoms with Gasteiger partial charge in [-0.05, 0) is 13.8 Å². The van der Waals surface area contributed by atoms with Gasteiger partial charge in [-0.15, -0.1) is 0 Å². The van der Waals surface area contributed by atoms with E-state index in [1.54, 1.807) is 13.8 Å². The number of nitrogen functional groups attached to an aromatic ring is 1. The molecule has 0 aromatic carbocycles. The summed E-state index contributed by atoms with van der Waals surface area (Å²) < 4.78 is 4.89. The average molecular weight is 223 g/mol. The number of aryl methyl sites for hydroxylation is 1. The third kappa shape index (κ3) is 2.48. The van der Waals surface area contributed by atoms with Crippen molar-refractivity contribution >= 4 is 11.7 Å². The summed E-state index contributed by atoms with van der Waals surface area (Å²) in [4.78, 5) is 20.0. The molecule has 1 heterocycles. The number of aromatic nitrogens is 2. The van der Waals surface area contributed by atoms with Gasteiger partial charge >= 0.3 is 5.97 Å². The molecule has 16 heavy (non-hydrogen) atoms. The van der Waals surface area contributed by atoms with Crippen LogP contribution in [0.1, 0.15) is 48.7 Å². The van der Waals surface area contributed by atoms with Crippen molar-refractivity contribution < 1.29 is 9.53 Å². The Morgan fingerprint density at radius 1 is 1.44 bits per heavy atom. The highest BCUT2D eigenvalue weighted by atomic mass is 16.5. The number of hydrogen-bond donors (Lipinski definition) is 1. The fraction of sp³-hybridized carbons (Fsp3) is 0.545. The minimum absolute atomic E-state index is 0.146. The minimum Gasteiger partial charge on any atom is -0.461 e. The molecular formula is C11H17N3O2. The van der Waals surface area contributed by atoms with E-state index in [0.29, 0.717) is 23.8 Å².